The molecule has 0 fully saturated rings. The summed E-state index contributed by atoms with van der Waals surface area (Å²) in [6.07, 6.45) is 1.33. The summed E-state index contributed by atoms with van der Waals surface area (Å²) in [7, 11) is 0. The van der Waals surface area contributed by atoms with Crippen LogP contribution in [0, 0.1) is 11.6 Å². The molecule has 0 unspecified atom stereocenters. The maximum Gasteiger partial charge on any atom is 0.430 e. The molecular formula is C18H12BF2NO3. The first-order valence-electron chi connectivity index (χ1n) is 7.40. The number of hydrogen-bond acceptors (Lipinski definition) is 4. The lowest BCUT2D eigenvalue weighted by atomic mass is 9.55. The lowest BCUT2D eigenvalue weighted by Gasteiger charge is -2.15. The number of benzene rings is 2. The molecule has 0 atom stereocenters. The molecule has 124 valence electrons. The fraction of sp³-hybridized carbons (Fsp3) is 0. The summed E-state index contributed by atoms with van der Waals surface area (Å²) in [5, 5.41) is 9.74. The van der Waals surface area contributed by atoms with Crippen molar-refractivity contribution in [3.05, 3.63) is 84.2 Å². The zero-order chi connectivity index (χ0) is 17.8. The van der Waals surface area contributed by atoms with Crippen molar-refractivity contribution in [2.75, 3.05) is 0 Å². The van der Waals surface area contributed by atoms with E-state index in [1.54, 1.807) is 12.1 Å². The first-order chi connectivity index (χ1) is 12.0. The molecule has 7 heteroatoms. The van der Waals surface area contributed by atoms with Gasteiger partial charge in [0.2, 0.25) is 0 Å². The third kappa shape index (κ3) is 3.83. The number of pyridine rings is 1. The van der Waals surface area contributed by atoms with E-state index in [0.29, 0.717) is 10.9 Å². The SMILES string of the molecule is O=C(OB(c1cccc(F)c1)c1cccc(F)c1)c1ncccc1O. The zero-order valence-electron chi connectivity index (χ0n) is 12.9. The molecular weight excluding hydrogens is 327 g/mol. The first kappa shape index (κ1) is 16.6. The topological polar surface area (TPSA) is 59.4 Å². The smallest absolute Gasteiger partial charge is 0.430 e. The number of carbonyl (C=O) groups is 1. The molecule has 0 saturated carbocycles. The number of carbonyl (C=O) groups excluding carboxylic acids is 1. The Bertz CT molecular complexity index is 875. The maximum absolute atomic E-state index is 13.6. The number of nitrogens with zero attached hydrogens (tertiary/aromatic N) is 1. The van der Waals surface area contributed by atoms with Gasteiger partial charge >= 0.3 is 12.9 Å². The van der Waals surface area contributed by atoms with Crippen LogP contribution in [0.2, 0.25) is 0 Å². The molecule has 0 amide bonds. The Morgan fingerprint density at radius 1 is 0.960 bits per heavy atom. The van der Waals surface area contributed by atoms with Crippen LogP contribution in [0.4, 0.5) is 8.78 Å². The molecule has 0 aliphatic heterocycles. The first-order valence-corrected chi connectivity index (χ1v) is 7.40. The fourth-order valence-electron chi connectivity index (χ4n) is 2.38. The highest BCUT2D eigenvalue weighted by Crippen LogP contribution is 2.14. The minimum absolute atomic E-state index is 0.277. The van der Waals surface area contributed by atoms with Crippen LogP contribution in [0.3, 0.4) is 0 Å². The van der Waals surface area contributed by atoms with E-state index in [9.17, 15) is 18.7 Å². The molecule has 0 aliphatic carbocycles. The minimum atomic E-state index is -1.06. The summed E-state index contributed by atoms with van der Waals surface area (Å²) in [5.74, 6) is -2.28. The van der Waals surface area contributed by atoms with E-state index in [1.807, 2.05) is 0 Å². The average Bonchev–Trinajstić information content (AvgIpc) is 2.60. The van der Waals surface area contributed by atoms with Gasteiger partial charge in [-0.2, -0.15) is 0 Å². The highest BCUT2D eigenvalue weighted by molar-refractivity contribution is 6.81. The van der Waals surface area contributed by atoms with Crippen molar-refractivity contribution in [3.8, 4) is 5.75 Å². The van der Waals surface area contributed by atoms with Gasteiger partial charge in [0.1, 0.15) is 17.4 Å². The molecule has 0 spiro atoms. The van der Waals surface area contributed by atoms with Gasteiger partial charge in [-0.3, -0.25) is 0 Å². The lowest BCUT2D eigenvalue weighted by Crippen LogP contribution is -2.46. The molecule has 0 aliphatic rings. The summed E-state index contributed by atoms with van der Waals surface area (Å²) in [4.78, 5) is 16.1. The van der Waals surface area contributed by atoms with Crippen LogP contribution in [0.1, 0.15) is 10.5 Å². The zero-order valence-corrected chi connectivity index (χ0v) is 12.9. The number of aromatic hydroxyl groups is 1. The second-order valence-electron chi connectivity index (χ2n) is 5.27. The number of rotatable bonds is 4. The minimum Gasteiger partial charge on any atom is -0.521 e. The van der Waals surface area contributed by atoms with Gasteiger partial charge in [-0.25, -0.2) is 18.6 Å². The average molecular weight is 339 g/mol. The molecule has 1 heterocycles. The fourth-order valence-corrected chi connectivity index (χ4v) is 2.38. The van der Waals surface area contributed by atoms with Crippen LogP contribution in [0.25, 0.3) is 0 Å². The van der Waals surface area contributed by atoms with Crippen molar-refractivity contribution in [1.82, 2.24) is 4.98 Å². The molecule has 25 heavy (non-hydrogen) atoms. The third-order valence-corrected chi connectivity index (χ3v) is 3.51. The van der Waals surface area contributed by atoms with Crippen LogP contribution in [-0.4, -0.2) is 23.0 Å². The van der Waals surface area contributed by atoms with E-state index >= 15 is 0 Å². The molecule has 0 saturated heterocycles. The lowest BCUT2D eigenvalue weighted by molar-refractivity contribution is 0.0729. The Morgan fingerprint density at radius 2 is 1.56 bits per heavy atom. The molecule has 2 aromatic carbocycles. The van der Waals surface area contributed by atoms with Crippen LogP contribution in [-0.2, 0) is 4.65 Å². The molecule has 3 aromatic rings. The van der Waals surface area contributed by atoms with E-state index in [-0.39, 0.29) is 11.4 Å². The number of aromatic nitrogens is 1. The summed E-state index contributed by atoms with van der Waals surface area (Å²) in [6, 6.07) is 13.7. The molecule has 0 bridgehead atoms. The number of hydrogen-bond donors (Lipinski definition) is 1. The normalized spacial score (nSPS) is 10.3. The molecule has 4 nitrogen and oxygen atoms in total. The quantitative estimate of drug-likeness (QED) is 0.739. The summed E-state index contributed by atoms with van der Waals surface area (Å²) >= 11 is 0. The summed E-state index contributed by atoms with van der Waals surface area (Å²) < 4.78 is 32.6. The predicted octanol–water partition coefficient (Wildman–Crippen LogP) is 2.03. The number of halogens is 2. The Morgan fingerprint density at radius 3 is 2.08 bits per heavy atom. The Balaban J connectivity index is 2.00. The summed E-state index contributed by atoms with van der Waals surface area (Å²) in [6.45, 7) is -1.06. The monoisotopic (exact) mass is 339 g/mol. The Hall–Kier alpha value is -3.22. The van der Waals surface area contributed by atoms with E-state index < -0.39 is 24.5 Å². The van der Waals surface area contributed by atoms with Crippen LogP contribution in [0.15, 0.2) is 66.9 Å². The molecule has 3 rings (SSSR count). The van der Waals surface area contributed by atoms with Gasteiger partial charge in [0.05, 0.1) is 0 Å². The highest BCUT2D eigenvalue weighted by Gasteiger charge is 2.28. The van der Waals surface area contributed by atoms with E-state index in [2.05, 4.69) is 4.98 Å². The largest absolute Gasteiger partial charge is 0.521 e. The van der Waals surface area contributed by atoms with Crippen LogP contribution < -0.4 is 10.9 Å². The van der Waals surface area contributed by atoms with Crippen molar-refractivity contribution in [1.29, 1.82) is 0 Å². The third-order valence-electron chi connectivity index (χ3n) is 3.51. The second-order valence-corrected chi connectivity index (χ2v) is 5.27. The summed E-state index contributed by atoms with van der Waals surface area (Å²) in [5.41, 5.74) is 0.379. The molecule has 1 N–H and O–H groups in total. The van der Waals surface area contributed by atoms with Crippen molar-refractivity contribution in [2.24, 2.45) is 0 Å². The van der Waals surface area contributed by atoms with Crippen molar-refractivity contribution in [2.45, 2.75) is 0 Å². The van der Waals surface area contributed by atoms with E-state index in [4.69, 9.17) is 4.65 Å². The standard InChI is InChI=1S/C18H12BF2NO3/c20-14-6-1-4-12(10-14)19(13-5-2-7-15(21)11-13)25-18(24)17-16(23)8-3-9-22-17/h1-11,23H. The molecule has 1 aromatic heterocycles. The van der Waals surface area contributed by atoms with Gasteiger partial charge in [-0.05, 0) is 47.3 Å². The van der Waals surface area contributed by atoms with Gasteiger partial charge in [0, 0.05) is 6.20 Å². The van der Waals surface area contributed by atoms with Crippen molar-refractivity contribution >= 4 is 23.8 Å². The maximum atomic E-state index is 13.6. The van der Waals surface area contributed by atoms with Crippen molar-refractivity contribution in [3.63, 3.8) is 0 Å². The van der Waals surface area contributed by atoms with Gasteiger partial charge in [-0.1, -0.05) is 24.3 Å². The van der Waals surface area contributed by atoms with Crippen LogP contribution in [0.5, 0.6) is 5.75 Å². The van der Waals surface area contributed by atoms with Gasteiger partial charge in [-0.15, -0.1) is 0 Å². The van der Waals surface area contributed by atoms with Gasteiger partial charge in [0.25, 0.3) is 0 Å². The van der Waals surface area contributed by atoms with E-state index in [0.717, 1.165) is 0 Å². The van der Waals surface area contributed by atoms with Gasteiger partial charge in [0.15, 0.2) is 5.69 Å². The second kappa shape index (κ2) is 7.13. The predicted molar refractivity (Wildman–Crippen MR) is 89.1 cm³/mol. The van der Waals surface area contributed by atoms with Gasteiger partial charge < -0.3 is 9.76 Å². The van der Waals surface area contributed by atoms with Crippen LogP contribution >= 0.6 is 0 Å². The Labute approximate surface area is 142 Å². The van der Waals surface area contributed by atoms with E-state index in [1.165, 1.54) is 54.7 Å². The molecule has 0 radical (unpaired) electrons. The highest BCUT2D eigenvalue weighted by atomic mass is 19.1. The Kier molecular flexibility index (Phi) is 4.74. The van der Waals surface area contributed by atoms with Crippen molar-refractivity contribution < 1.29 is 23.3 Å².